The molecule has 1 fully saturated rings. The van der Waals surface area contributed by atoms with Crippen LogP contribution in [0.5, 0.6) is 0 Å². The number of rotatable bonds is 4. The van der Waals surface area contributed by atoms with Gasteiger partial charge in [-0.3, -0.25) is 4.79 Å². The second-order valence-corrected chi connectivity index (χ2v) is 6.90. The van der Waals surface area contributed by atoms with Crippen LogP contribution in [0.15, 0.2) is 24.3 Å². The number of likely N-dealkylation sites (tertiary alicyclic amines) is 1. The lowest BCUT2D eigenvalue weighted by Crippen LogP contribution is -2.27. The number of sulfonamides is 1. The van der Waals surface area contributed by atoms with E-state index >= 15 is 0 Å². The molecule has 7 heteroatoms. The van der Waals surface area contributed by atoms with Crippen molar-refractivity contribution in [2.45, 2.75) is 13.0 Å². The van der Waals surface area contributed by atoms with Gasteiger partial charge in [-0.15, -0.1) is 0 Å². The third-order valence-corrected chi connectivity index (χ3v) is 4.24. The third-order valence-electron chi connectivity index (χ3n) is 3.05. The molecule has 1 aromatic carbocycles. The number of primary sulfonamides is 1. The van der Waals surface area contributed by atoms with Gasteiger partial charge in [-0.05, 0) is 17.7 Å². The van der Waals surface area contributed by atoms with Gasteiger partial charge < -0.3 is 4.90 Å². The zero-order chi connectivity index (χ0) is 14.0. The Balaban J connectivity index is 1.98. The zero-order valence-electron chi connectivity index (χ0n) is 10.3. The minimum absolute atomic E-state index is 0.0383. The van der Waals surface area contributed by atoms with Crippen molar-refractivity contribution in [1.29, 1.82) is 0 Å². The Morgan fingerprint density at radius 1 is 1.32 bits per heavy atom. The highest BCUT2D eigenvalue weighted by Gasteiger charge is 2.31. The van der Waals surface area contributed by atoms with Gasteiger partial charge in [-0.25, -0.2) is 13.6 Å². The number of carbonyl (C=O) groups is 1. The first-order valence-electron chi connectivity index (χ1n) is 5.86. The van der Waals surface area contributed by atoms with Gasteiger partial charge in [0.25, 0.3) is 0 Å². The van der Waals surface area contributed by atoms with Crippen molar-refractivity contribution in [3.05, 3.63) is 34.9 Å². The summed E-state index contributed by atoms with van der Waals surface area (Å²) in [5.74, 6) is -0.394. The fourth-order valence-corrected chi connectivity index (χ4v) is 3.26. The molecule has 0 spiro atoms. The number of nitrogens with zero attached hydrogens (tertiary/aromatic N) is 1. The highest BCUT2D eigenvalue weighted by molar-refractivity contribution is 7.89. The first-order chi connectivity index (χ1) is 8.83. The number of halogens is 1. The molecule has 104 valence electrons. The van der Waals surface area contributed by atoms with Crippen molar-refractivity contribution in [2.75, 3.05) is 12.3 Å². The molecule has 1 aliphatic rings. The van der Waals surface area contributed by atoms with Crippen LogP contribution in [-0.4, -0.2) is 31.5 Å². The zero-order valence-corrected chi connectivity index (χ0v) is 11.8. The predicted octanol–water partition coefficient (Wildman–Crippen LogP) is 0.977. The summed E-state index contributed by atoms with van der Waals surface area (Å²) in [5, 5.41) is 5.65. The maximum absolute atomic E-state index is 11.8. The molecule has 1 heterocycles. The number of amides is 1. The maximum atomic E-state index is 11.8. The monoisotopic (exact) mass is 302 g/mol. The van der Waals surface area contributed by atoms with Gasteiger partial charge in [0.05, 0.1) is 5.75 Å². The van der Waals surface area contributed by atoms with Crippen LogP contribution in [0.1, 0.15) is 12.0 Å². The lowest BCUT2D eigenvalue weighted by atomic mass is 10.1. The van der Waals surface area contributed by atoms with Crippen LogP contribution in [0.25, 0.3) is 0 Å². The molecule has 0 bridgehead atoms. The quantitative estimate of drug-likeness (QED) is 0.900. The fourth-order valence-electron chi connectivity index (χ4n) is 2.26. The van der Waals surface area contributed by atoms with Gasteiger partial charge in [0.2, 0.25) is 15.9 Å². The standard InChI is InChI=1S/C12H15ClN2O3S/c13-11-3-1-9(2-4-11)6-15-7-10(5-12(15)16)8-19(14,17)18/h1-4,10H,5-8H2,(H2,14,17,18). The second kappa shape index (κ2) is 5.48. The highest BCUT2D eigenvalue weighted by Crippen LogP contribution is 2.21. The van der Waals surface area contributed by atoms with Gasteiger partial charge in [-0.2, -0.15) is 0 Å². The highest BCUT2D eigenvalue weighted by atomic mass is 35.5. The van der Waals surface area contributed by atoms with E-state index in [4.69, 9.17) is 16.7 Å². The molecule has 0 radical (unpaired) electrons. The molecule has 0 saturated carbocycles. The molecule has 5 nitrogen and oxygen atoms in total. The van der Waals surface area contributed by atoms with Crippen LogP contribution in [0.4, 0.5) is 0 Å². The van der Waals surface area contributed by atoms with Crippen LogP contribution in [0.3, 0.4) is 0 Å². The average molecular weight is 303 g/mol. The summed E-state index contributed by atoms with van der Waals surface area (Å²) in [6.45, 7) is 0.898. The van der Waals surface area contributed by atoms with Crippen molar-refractivity contribution in [1.82, 2.24) is 4.90 Å². The molecular weight excluding hydrogens is 288 g/mol. The first kappa shape index (κ1) is 14.3. The van der Waals surface area contributed by atoms with E-state index in [1.54, 1.807) is 17.0 Å². The van der Waals surface area contributed by atoms with Crippen LogP contribution in [0, 0.1) is 5.92 Å². The molecule has 1 aromatic rings. The lowest BCUT2D eigenvalue weighted by molar-refractivity contribution is -0.128. The van der Waals surface area contributed by atoms with Crippen molar-refractivity contribution >= 4 is 27.5 Å². The Morgan fingerprint density at radius 2 is 1.95 bits per heavy atom. The van der Waals surface area contributed by atoms with Crippen LogP contribution in [-0.2, 0) is 21.4 Å². The average Bonchev–Trinajstić information content (AvgIpc) is 2.60. The summed E-state index contributed by atoms with van der Waals surface area (Å²) < 4.78 is 22.1. The summed E-state index contributed by atoms with van der Waals surface area (Å²) in [4.78, 5) is 13.5. The second-order valence-electron chi connectivity index (χ2n) is 4.80. The number of carbonyl (C=O) groups excluding carboxylic acids is 1. The molecule has 19 heavy (non-hydrogen) atoms. The lowest BCUT2D eigenvalue weighted by Gasteiger charge is -2.16. The Labute approximate surface area is 117 Å². The Kier molecular flexibility index (Phi) is 4.13. The van der Waals surface area contributed by atoms with E-state index in [2.05, 4.69) is 0 Å². The van der Waals surface area contributed by atoms with Crippen molar-refractivity contribution in [3.63, 3.8) is 0 Å². The van der Waals surface area contributed by atoms with Gasteiger partial charge in [-0.1, -0.05) is 23.7 Å². The summed E-state index contributed by atoms with van der Waals surface area (Å²) >= 11 is 5.79. The Morgan fingerprint density at radius 3 is 2.53 bits per heavy atom. The minimum Gasteiger partial charge on any atom is -0.338 e. The van der Waals surface area contributed by atoms with Gasteiger partial charge in [0, 0.05) is 30.5 Å². The number of hydrogen-bond acceptors (Lipinski definition) is 3. The van der Waals surface area contributed by atoms with E-state index in [-0.39, 0.29) is 24.0 Å². The summed E-state index contributed by atoms with van der Waals surface area (Å²) in [5.41, 5.74) is 0.967. The molecule has 1 atom stereocenters. The van der Waals surface area contributed by atoms with E-state index in [1.165, 1.54) is 0 Å². The van der Waals surface area contributed by atoms with Crippen molar-refractivity contribution in [3.8, 4) is 0 Å². The van der Waals surface area contributed by atoms with Gasteiger partial charge in [0.15, 0.2) is 0 Å². The van der Waals surface area contributed by atoms with E-state index in [9.17, 15) is 13.2 Å². The molecule has 0 aliphatic carbocycles. The summed E-state index contributed by atoms with van der Waals surface area (Å²) in [7, 11) is -3.53. The first-order valence-corrected chi connectivity index (χ1v) is 7.95. The van der Waals surface area contributed by atoms with Crippen LogP contribution in [0.2, 0.25) is 5.02 Å². The van der Waals surface area contributed by atoms with Crippen molar-refractivity contribution in [2.24, 2.45) is 11.1 Å². The van der Waals surface area contributed by atoms with E-state index < -0.39 is 10.0 Å². The largest absolute Gasteiger partial charge is 0.338 e. The smallest absolute Gasteiger partial charge is 0.223 e. The molecule has 1 aliphatic heterocycles. The molecule has 2 rings (SSSR count). The number of benzene rings is 1. The van der Waals surface area contributed by atoms with Crippen molar-refractivity contribution < 1.29 is 13.2 Å². The molecule has 1 saturated heterocycles. The molecule has 1 unspecified atom stereocenters. The number of nitrogens with two attached hydrogens (primary N) is 1. The van der Waals surface area contributed by atoms with Gasteiger partial charge >= 0.3 is 0 Å². The van der Waals surface area contributed by atoms with E-state index in [1.807, 2.05) is 12.1 Å². The van der Waals surface area contributed by atoms with E-state index in [0.29, 0.717) is 18.1 Å². The molecule has 0 aromatic heterocycles. The topological polar surface area (TPSA) is 80.5 Å². The van der Waals surface area contributed by atoms with Gasteiger partial charge in [0.1, 0.15) is 0 Å². The molecule has 1 amide bonds. The summed E-state index contributed by atoms with van der Waals surface area (Å²) in [6, 6.07) is 7.23. The SMILES string of the molecule is NS(=O)(=O)CC1CC(=O)N(Cc2ccc(Cl)cc2)C1. The maximum Gasteiger partial charge on any atom is 0.223 e. The summed E-state index contributed by atoms with van der Waals surface area (Å²) in [6.07, 6.45) is 0.240. The Hall–Kier alpha value is -1.11. The molecular formula is C12H15ClN2O3S. The van der Waals surface area contributed by atoms with Crippen LogP contribution < -0.4 is 5.14 Å². The predicted molar refractivity (Wildman–Crippen MR) is 73.0 cm³/mol. The van der Waals surface area contributed by atoms with Crippen LogP contribution >= 0.6 is 11.6 Å². The third kappa shape index (κ3) is 4.19. The molecule has 2 N–H and O–H groups in total. The van der Waals surface area contributed by atoms with E-state index in [0.717, 1.165) is 5.56 Å². The Bertz CT molecular complexity index is 571. The normalized spacial score (nSPS) is 20.0. The number of hydrogen-bond donors (Lipinski definition) is 1. The fraction of sp³-hybridized carbons (Fsp3) is 0.417. The minimum atomic E-state index is -3.53.